The number of carbonyl (C=O) groups is 1. The van der Waals surface area contributed by atoms with Gasteiger partial charge >= 0.3 is 0 Å². The van der Waals surface area contributed by atoms with E-state index in [0.29, 0.717) is 35.3 Å². The molecule has 8 heteroatoms. The Morgan fingerprint density at radius 2 is 2.03 bits per heavy atom. The number of anilines is 1. The van der Waals surface area contributed by atoms with E-state index >= 15 is 0 Å². The summed E-state index contributed by atoms with van der Waals surface area (Å²) in [5.74, 6) is 1.90. The number of methoxy groups -OCH3 is 1. The number of ether oxygens (including phenoxy) is 1. The predicted octanol–water partition coefficient (Wildman–Crippen LogP) is 5.02. The van der Waals surface area contributed by atoms with Crippen LogP contribution in [0.15, 0.2) is 70.8 Å². The van der Waals surface area contributed by atoms with Crippen molar-refractivity contribution in [2.75, 3.05) is 18.2 Å². The molecule has 2 aromatic carbocycles. The van der Waals surface area contributed by atoms with Crippen molar-refractivity contribution in [3.8, 4) is 17.1 Å². The number of carbonyl (C=O) groups excluding carboxylic acids is 1. The second-order valence-electron chi connectivity index (χ2n) is 6.04. The van der Waals surface area contributed by atoms with Gasteiger partial charge in [0.15, 0.2) is 5.82 Å². The normalized spacial score (nSPS) is 10.6. The molecule has 29 heavy (non-hydrogen) atoms. The number of hydrogen-bond acceptors (Lipinski definition) is 5. The Hall–Kier alpha value is -2.58. The maximum absolute atomic E-state index is 12.3. The molecule has 0 fully saturated rings. The quantitative estimate of drug-likeness (QED) is 0.349. The van der Waals surface area contributed by atoms with Gasteiger partial charge in [0.05, 0.1) is 19.3 Å². The molecule has 1 N–H and O–H groups in total. The maximum atomic E-state index is 12.3. The van der Waals surface area contributed by atoms with Gasteiger partial charge in [0.2, 0.25) is 11.1 Å². The highest BCUT2D eigenvalue weighted by molar-refractivity contribution is 9.10. The first-order valence-corrected chi connectivity index (χ1v) is 10.8. The SMILES string of the molecule is C=CCn1nc(SCCC(=O)Nc2ccccc2OC)nc1-c1ccc(Br)cc1. The lowest BCUT2D eigenvalue weighted by molar-refractivity contribution is -0.115. The Labute approximate surface area is 182 Å². The van der Waals surface area contributed by atoms with Crippen molar-refractivity contribution in [2.45, 2.75) is 18.1 Å². The smallest absolute Gasteiger partial charge is 0.225 e. The van der Waals surface area contributed by atoms with Crippen molar-refractivity contribution >= 4 is 39.3 Å². The number of amides is 1. The van der Waals surface area contributed by atoms with Gasteiger partial charge in [0.25, 0.3) is 0 Å². The van der Waals surface area contributed by atoms with Crippen LogP contribution in [0.1, 0.15) is 6.42 Å². The summed E-state index contributed by atoms with van der Waals surface area (Å²) in [5.41, 5.74) is 1.64. The number of para-hydroxylation sites is 2. The van der Waals surface area contributed by atoms with E-state index in [9.17, 15) is 4.79 Å². The van der Waals surface area contributed by atoms with Gasteiger partial charge in [-0.15, -0.1) is 11.7 Å². The number of halogens is 1. The molecule has 150 valence electrons. The molecule has 0 saturated heterocycles. The average Bonchev–Trinajstić information content (AvgIpc) is 3.12. The van der Waals surface area contributed by atoms with Gasteiger partial charge in [-0.1, -0.05) is 58.0 Å². The van der Waals surface area contributed by atoms with Crippen LogP contribution in [-0.2, 0) is 11.3 Å². The van der Waals surface area contributed by atoms with Gasteiger partial charge in [0.1, 0.15) is 5.75 Å². The van der Waals surface area contributed by atoms with Crippen LogP contribution in [0, 0.1) is 0 Å². The largest absolute Gasteiger partial charge is 0.495 e. The van der Waals surface area contributed by atoms with E-state index in [1.54, 1.807) is 13.2 Å². The molecule has 3 rings (SSSR count). The first-order valence-electron chi connectivity index (χ1n) is 8.98. The lowest BCUT2D eigenvalue weighted by atomic mass is 10.2. The van der Waals surface area contributed by atoms with Gasteiger partial charge < -0.3 is 10.1 Å². The van der Waals surface area contributed by atoms with Crippen LogP contribution in [0.3, 0.4) is 0 Å². The van der Waals surface area contributed by atoms with Crippen LogP contribution in [0.25, 0.3) is 11.4 Å². The molecule has 0 bridgehead atoms. The zero-order valence-corrected chi connectivity index (χ0v) is 18.4. The second-order valence-corrected chi connectivity index (χ2v) is 8.02. The van der Waals surface area contributed by atoms with Crippen LogP contribution in [0.5, 0.6) is 5.75 Å². The number of thioether (sulfide) groups is 1. The molecule has 0 aliphatic carbocycles. The van der Waals surface area contributed by atoms with E-state index in [4.69, 9.17) is 4.74 Å². The summed E-state index contributed by atoms with van der Waals surface area (Å²) in [4.78, 5) is 16.9. The highest BCUT2D eigenvalue weighted by Gasteiger charge is 2.13. The summed E-state index contributed by atoms with van der Waals surface area (Å²) < 4.78 is 8.07. The van der Waals surface area contributed by atoms with Crippen LogP contribution in [0.2, 0.25) is 0 Å². The third kappa shape index (κ3) is 5.71. The van der Waals surface area contributed by atoms with E-state index in [-0.39, 0.29) is 5.91 Å². The minimum atomic E-state index is -0.0827. The van der Waals surface area contributed by atoms with Crippen LogP contribution < -0.4 is 10.1 Å². The fraction of sp³-hybridized carbons (Fsp3) is 0.190. The summed E-state index contributed by atoms with van der Waals surface area (Å²) in [6.45, 7) is 4.35. The zero-order chi connectivity index (χ0) is 20.6. The Morgan fingerprint density at radius 3 is 2.76 bits per heavy atom. The maximum Gasteiger partial charge on any atom is 0.225 e. The number of benzene rings is 2. The number of hydrogen-bond donors (Lipinski definition) is 1. The van der Waals surface area contributed by atoms with E-state index in [1.165, 1.54) is 11.8 Å². The number of rotatable bonds is 9. The Kier molecular flexibility index (Phi) is 7.48. The van der Waals surface area contributed by atoms with E-state index in [0.717, 1.165) is 15.9 Å². The minimum absolute atomic E-state index is 0.0827. The molecule has 0 aliphatic heterocycles. The molecule has 6 nitrogen and oxygen atoms in total. The van der Waals surface area contributed by atoms with E-state index < -0.39 is 0 Å². The Balaban J connectivity index is 1.61. The number of allylic oxidation sites excluding steroid dienone is 1. The number of aromatic nitrogens is 3. The monoisotopic (exact) mass is 472 g/mol. The molecule has 0 atom stereocenters. The summed E-state index contributed by atoms with van der Waals surface area (Å²) in [6.07, 6.45) is 2.12. The summed E-state index contributed by atoms with van der Waals surface area (Å²) in [5, 5.41) is 8.05. The molecule has 3 aromatic rings. The first-order chi connectivity index (χ1) is 14.1. The third-order valence-electron chi connectivity index (χ3n) is 4.00. The fourth-order valence-electron chi connectivity index (χ4n) is 2.64. The highest BCUT2D eigenvalue weighted by atomic mass is 79.9. The first kappa shape index (κ1) is 21.1. The van der Waals surface area contributed by atoms with Gasteiger partial charge in [0, 0.05) is 22.2 Å². The second kappa shape index (κ2) is 10.3. The number of nitrogens with one attached hydrogen (secondary N) is 1. The molecule has 0 spiro atoms. The van der Waals surface area contributed by atoms with Crippen LogP contribution in [0.4, 0.5) is 5.69 Å². The summed E-state index contributed by atoms with van der Waals surface area (Å²) in [6, 6.07) is 15.3. The van der Waals surface area contributed by atoms with Gasteiger partial charge in [-0.05, 0) is 24.3 Å². The standard InChI is InChI=1S/C21H21BrN4O2S/c1-3-13-26-20(15-8-10-16(22)11-9-15)24-21(25-26)29-14-12-19(27)23-17-6-4-5-7-18(17)28-2/h3-11H,1,12-14H2,2H3,(H,23,27). The van der Waals surface area contributed by atoms with E-state index in [1.807, 2.05) is 53.2 Å². The van der Waals surface area contributed by atoms with Crippen molar-refractivity contribution in [2.24, 2.45) is 0 Å². The molecule has 0 unspecified atom stereocenters. The molecule has 0 radical (unpaired) electrons. The molecular formula is C21H21BrN4O2S. The van der Waals surface area contributed by atoms with Gasteiger partial charge in [-0.25, -0.2) is 9.67 Å². The average molecular weight is 473 g/mol. The molecule has 0 saturated carbocycles. The highest BCUT2D eigenvalue weighted by Crippen LogP contribution is 2.25. The van der Waals surface area contributed by atoms with Crippen molar-refractivity contribution in [1.82, 2.24) is 14.8 Å². The van der Waals surface area contributed by atoms with Crippen LogP contribution >= 0.6 is 27.7 Å². The van der Waals surface area contributed by atoms with Crippen LogP contribution in [-0.4, -0.2) is 33.5 Å². The molecule has 1 amide bonds. The van der Waals surface area contributed by atoms with Crippen molar-refractivity contribution in [3.05, 3.63) is 65.7 Å². The van der Waals surface area contributed by atoms with Gasteiger partial charge in [-0.3, -0.25) is 4.79 Å². The lowest BCUT2D eigenvalue weighted by Crippen LogP contribution is -2.12. The summed E-state index contributed by atoms with van der Waals surface area (Å²) in [7, 11) is 1.58. The summed E-state index contributed by atoms with van der Waals surface area (Å²) >= 11 is 4.89. The van der Waals surface area contributed by atoms with Crippen molar-refractivity contribution < 1.29 is 9.53 Å². The van der Waals surface area contributed by atoms with Gasteiger partial charge in [-0.2, -0.15) is 0 Å². The topological polar surface area (TPSA) is 69.0 Å². The molecule has 1 aromatic heterocycles. The zero-order valence-electron chi connectivity index (χ0n) is 16.0. The van der Waals surface area contributed by atoms with Crippen molar-refractivity contribution in [1.29, 1.82) is 0 Å². The fourth-order valence-corrected chi connectivity index (χ4v) is 3.68. The third-order valence-corrected chi connectivity index (χ3v) is 5.37. The molecule has 0 aliphatic rings. The predicted molar refractivity (Wildman–Crippen MR) is 120 cm³/mol. The Bertz CT molecular complexity index is 989. The molecular weight excluding hydrogens is 452 g/mol. The lowest BCUT2D eigenvalue weighted by Gasteiger charge is -2.09. The number of nitrogens with zero attached hydrogens (tertiary/aromatic N) is 3. The molecule has 1 heterocycles. The van der Waals surface area contributed by atoms with E-state index in [2.05, 4.69) is 37.9 Å². The minimum Gasteiger partial charge on any atom is -0.495 e. The Morgan fingerprint density at radius 1 is 1.28 bits per heavy atom. The van der Waals surface area contributed by atoms with Crippen molar-refractivity contribution in [3.63, 3.8) is 0 Å².